The van der Waals surface area contributed by atoms with E-state index in [1.165, 1.54) is 27.3 Å². The van der Waals surface area contributed by atoms with Gasteiger partial charge in [0.1, 0.15) is 0 Å². The molecule has 0 radical (unpaired) electrons. The van der Waals surface area contributed by atoms with E-state index in [0.717, 1.165) is 11.7 Å². The topological polar surface area (TPSA) is 18.5 Å². The zero-order valence-corrected chi connectivity index (χ0v) is 16.8. The van der Waals surface area contributed by atoms with Gasteiger partial charge in [-0.15, -0.1) is 0 Å². The first kappa shape index (κ1) is 14.8. The Kier molecular flexibility index (Phi) is 3.27. The summed E-state index contributed by atoms with van der Waals surface area (Å²) < 4.78 is 14.7. The number of methoxy groups -OCH3 is 1. The fourth-order valence-corrected chi connectivity index (χ4v) is 18.6. The molecule has 1 aromatic rings. The van der Waals surface area contributed by atoms with Crippen molar-refractivity contribution in [2.24, 2.45) is 16.7 Å². The zero-order valence-electron chi connectivity index (χ0n) is 12.9. The zero-order chi connectivity index (χ0) is 14.9. The van der Waals surface area contributed by atoms with E-state index in [-0.39, 0.29) is 0 Å². The van der Waals surface area contributed by atoms with Crippen LogP contribution in [0.5, 0.6) is 5.75 Å². The van der Waals surface area contributed by atoms with Crippen molar-refractivity contribution >= 4 is 32.8 Å². The third kappa shape index (κ3) is 1.86. The second kappa shape index (κ2) is 4.63. The molecule has 0 N–H and O–H groups in total. The Labute approximate surface area is 137 Å². The molecular weight excluding hydrogens is 444 g/mol. The summed E-state index contributed by atoms with van der Waals surface area (Å²) in [7, 11) is 1.72. The molecule has 116 valence electrons. The van der Waals surface area contributed by atoms with Crippen LogP contribution in [-0.2, 0) is 3.10 Å². The summed E-state index contributed by atoms with van der Waals surface area (Å²) in [5, 5.41) is 0. The first-order valence-corrected chi connectivity index (χ1v) is 16.7. The predicted molar refractivity (Wildman–Crippen MR) is 90.5 cm³/mol. The molecule has 2 aliphatic carbocycles. The summed E-state index contributed by atoms with van der Waals surface area (Å²) in [6.07, 6.45) is 4.54. The SMILES string of the molecule is COc1ccc([Te]2(Br)C[C@]34CC[C@H](C[C@H]3O2)C4(C)C)cc1. The van der Waals surface area contributed by atoms with E-state index < -0.39 is 16.4 Å². The number of benzene rings is 1. The minimum absolute atomic E-state index is 0.433. The standard InChI is InChI=1S/C17H23BrO2Te/c1-16(2)12-8-9-17(16)11-21(18,20-15(17)10-12)14-6-4-13(19-3)5-7-14/h4-7,12,15H,8-11H2,1-3H3/t12-,15-,17-/m1/s1. The second-order valence-electron chi connectivity index (χ2n) is 7.35. The van der Waals surface area contributed by atoms with Crippen molar-refractivity contribution in [3.05, 3.63) is 24.3 Å². The maximum atomic E-state index is 6.76. The van der Waals surface area contributed by atoms with Crippen LogP contribution < -0.4 is 8.35 Å². The first-order valence-electron chi connectivity index (χ1n) is 7.74. The van der Waals surface area contributed by atoms with E-state index in [2.05, 4.69) is 50.9 Å². The maximum absolute atomic E-state index is 6.76. The number of halogens is 1. The Morgan fingerprint density at radius 3 is 2.57 bits per heavy atom. The van der Waals surface area contributed by atoms with Gasteiger partial charge in [-0.1, -0.05) is 0 Å². The van der Waals surface area contributed by atoms with E-state index >= 15 is 0 Å². The first-order chi connectivity index (χ1) is 9.91. The molecule has 0 aromatic heterocycles. The van der Waals surface area contributed by atoms with Crippen LogP contribution >= 0.6 is 12.8 Å². The van der Waals surface area contributed by atoms with Crippen LogP contribution in [0, 0.1) is 16.7 Å². The van der Waals surface area contributed by atoms with Gasteiger partial charge in [-0.25, -0.2) is 0 Å². The molecule has 1 aliphatic heterocycles. The summed E-state index contributed by atoms with van der Waals surface area (Å²) in [4.78, 5) is 0. The molecule has 1 spiro atoms. The van der Waals surface area contributed by atoms with Crippen LogP contribution in [0.15, 0.2) is 24.3 Å². The third-order valence-electron chi connectivity index (χ3n) is 6.48. The average Bonchev–Trinajstić information content (AvgIpc) is 2.99. The Morgan fingerprint density at radius 1 is 1.29 bits per heavy atom. The van der Waals surface area contributed by atoms with Crippen molar-refractivity contribution in [2.75, 3.05) is 7.11 Å². The van der Waals surface area contributed by atoms with E-state index in [4.69, 9.17) is 7.84 Å². The van der Waals surface area contributed by atoms with Gasteiger partial charge in [0.25, 0.3) is 0 Å². The van der Waals surface area contributed by atoms with Crippen LogP contribution in [0.4, 0.5) is 0 Å². The Hall–Kier alpha value is 0.250. The molecule has 1 aromatic carbocycles. The van der Waals surface area contributed by atoms with Crippen molar-refractivity contribution in [1.82, 2.24) is 0 Å². The predicted octanol–water partition coefficient (Wildman–Crippen LogP) is 3.96. The minimum atomic E-state index is -2.61. The summed E-state index contributed by atoms with van der Waals surface area (Å²) >= 11 is 1.52. The van der Waals surface area contributed by atoms with Crippen molar-refractivity contribution in [3.8, 4) is 5.75 Å². The molecular formula is C17H23BrO2Te. The van der Waals surface area contributed by atoms with E-state index in [1.807, 2.05) is 0 Å². The second-order valence-corrected chi connectivity index (χ2v) is 20.5. The molecule has 21 heavy (non-hydrogen) atoms. The Balaban J connectivity index is 1.69. The summed E-state index contributed by atoms with van der Waals surface area (Å²) in [6, 6.07) is 8.57. The van der Waals surface area contributed by atoms with Gasteiger partial charge in [0.15, 0.2) is 0 Å². The monoisotopic (exact) mass is 468 g/mol. The molecule has 1 unspecified atom stereocenters. The summed E-state index contributed by atoms with van der Waals surface area (Å²) in [5.74, 6) is 1.80. The molecule has 2 nitrogen and oxygen atoms in total. The Morgan fingerprint density at radius 2 is 2.00 bits per heavy atom. The fraction of sp³-hybridized carbons (Fsp3) is 0.647. The van der Waals surface area contributed by atoms with Gasteiger partial charge in [0.2, 0.25) is 0 Å². The number of fused-ring (bicyclic) bond motifs is 1. The van der Waals surface area contributed by atoms with E-state index in [0.29, 0.717) is 16.9 Å². The van der Waals surface area contributed by atoms with Crippen molar-refractivity contribution in [3.63, 3.8) is 0 Å². The van der Waals surface area contributed by atoms with Gasteiger partial charge in [-0.2, -0.15) is 0 Å². The van der Waals surface area contributed by atoms with Crippen LogP contribution in [0.1, 0.15) is 33.1 Å². The van der Waals surface area contributed by atoms with Gasteiger partial charge < -0.3 is 0 Å². The van der Waals surface area contributed by atoms with Gasteiger partial charge in [0.05, 0.1) is 0 Å². The van der Waals surface area contributed by atoms with Crippen LogP contribution in [0.2, 0.25) is 4.47 Å². The number of hydrogen-bond acceptors (Lipinski definition) is 2. The van der Waals surface area contributed by atoms with Crippen LogP contribution in [0.3, 0.4) is 0 Å². The summed E-state index contributed by atoms with van der Waals surface area (Å²) in [5.41, 5.74) is 0.883. The van der Waals surface area contributed by atoms with E-state index in [9.17, 15) is 0 Å². The fourth-order valence-electron chi connectivity index (χ4n) is 4.94. The molecule has 3 aliphatic rings. The molecule has 0 amide bonds. The number of hydrogen-bond donors (Lipinski definition) is 0. The van der Waals surface area contributed by atoms with Crippen molar-refractivity contribution in [1.29, 1.82) is 0 Å². The van der Waals surface area contributed by atoms with Crippen molar-refractivity contribution < 1.29 is 7.84 Å². The molecule has 4 atom stereocenters. The van der Waals surface area contributed by atoms with Gasteiger partial charge in [0, 0.05) is 0 Å². The van der Waals surface area contributed by atoms with E-state index in [1.54, 1.807) is 7.11 Å². The molecule has 1 saturated heterocycles. The normalized spacial score (nSPS) is 46.1. The average molecular weight is 467 g/mol. The number of rotatable bonds is 2. The van der Waals surface area contributed by atoms with Gasteiger partial charge in [-0.3, -0.25) is 0 Å². The van der Waals surface area contributed by atoms with Crippen LogP contribution in [0.25, 0.3) is 0 Å². The van der Waals surface area contributed by atoms with Crippen LogP contribution in [-0.4, -0.2) is 29.6 Å². The molecule has 1 heterocycles. The molecule has 3 fully saturated rings. The Bertz CT molecular complexity index is 573. The molecule has 2 bridgehead atoms. The van der Waals surface area contributed by atoms with Gasteiger partial charge in [-0.05, 0) is 0 Å². The quantitative estimate of drug-likeness (QED) is 0.614. The van der Waals surface area contributed by atoms with Crippen molar-refractivity contribution in [2.45, 2.75) is 43.7 Å². The molecule has 4 rings (SSSR count). The van der Waals surface area contributed by atoms with Gasteiger partial charge >= 0.3 is 138 Å². The number of ether oxygens (including phenoxy) is 1. The molecule has 4 heteroatoms. The third-order valence-corrected chi connectivity index (χ3v) is 18.4. The summed E-state index contributed by atoms with van der Waals surface area (Å²) in [6.45, 7) is 4.98. The molecule has 2 saturated carbocycles.